The summed E-state index contributed by atoms with van der Waals surface area (Å²) in [6.07, 6.45) is 0.263. The summed E-state index contributed by atoms with van der Waals surface area (Å²) in [6, 6.07) is 13.3. The fourth-order valence-electron chi connectivity index (χ4n) is 3.36. The molecule has 0 saturated carbocycles. The van der Waals surface area contributed by atoms with Crippen LogP contribution in [-0.2, 0) is 26.2 Å². The van der Waals surface area contributed by atoms with E-state index in [-0.39, 0.29) is 42.6 Å². The molecular weight excluding hydrogens is 457 g/mol. The van der Waals surface area contributed by atoms with Crippen LogP contribution in [0.25, 0.3) is 0 Å². The summed E-state index contributed by atoms with van der Waals surface area (Å²) in [5.74, 6) is -1.16. The quantitative estimate of drug-likeness (QED) is 0.551. The molecule has 2 aromatic rings. The van der Waals surface area contributed by atoms with Gasteiger partial charge in [-0.2, -0.15) is 0 Å². The van der Waals surface area contributed by atoms with Gasteiger partial charge in [-0.1, -0.05) is 36.4 Å². The maximum absolute atomic E-state index is 14.3. The smallest absolute Gasteiger partial charge is 0.242 e. The maximum Gasteiger partial charge on any atom is 0.242 e. The Morgan fingerprint density at radius 3 is 2.21 bits per heavy atom. The lowest BCUT2D eigenvalue weighted by molar-refractivity contribution is -0.141. The molecule has 0 saturated heterocycles. The molecule has 34 heavy (non-hydrogen) atoms. The van der Waals surface area contributed by atoms with E-state index >= 15 is 0 Å². The molecule has 0 aliphatic heterocycles. The number of nitrogens with one attached hydrogen (secondary N) is 1. The van der Waals surface area contributed by atoms with Gasteiger partial charge in [-0.3, -0.25) is 9.59 Å². The molecule has 1 atom stereocenters. The molecule has 0 aromatic heterocycles. The summed E-state index contributed by atoms with van der Waals surface area (Å²) < 4.78 is 40.9. The summed E-state index contributed by atoms with van der Waals surface area (Å²) >= 11 is 0. The summed E-state index contributed by atoms with van der Waals surface area (Å²) in [6.45, 7) is 7.17. The number of nitrogens with zero attached hydrogens (tertiary/aromatic N) is 2. The summed E-state index contributed by atoms with van der Waals surface area (Å²) in [4.78, 5) is 27.4. The number of carbonyl (C=O) groups excluding carboxylic acids is 2. The van der Waals surface area contributed by atoms with E-state index in [1.165, 1.54) is 34.5 Å². The minimum atomic E-state index is -3.67. The van der Waals surface area contributed by atoms with Crippen LogP contribution in [0.15, 0.2) is 59.5 Å². The molecule has 9 heteroatoms. The van der Waals surface area contributed by atoms with E-state index in [1.807, 2.05) is 20.8 Å². The number of halogens is 1. The van der Waals surface area contributed by atoms with E-state index in [0.29, 0.717) is 5.56 Å². The zero-order chi connectivity index (χ0) is 25.5. The third kappa shape index (κ3) is 7.63. The lowest BCUT2D eigenvalue weighted by Crippen LogP contribution is -2.52. The van der Waals surface area contributed by atoms with Crippen molar-refractivity contribution >= 4 is 21.8 Å². The average Bonchev–Trinajstić information content (AvgIpc) is 2.77. The molecule has 0 aliphatic rings. The fourth-order valence-corrected chi connectivity index (χ4v) is 4.59. The Hall–Kier alpha value is -2.78. The second-order valence-corrected chi connectivity index (χ2v) is 11.3. The van der Waals surface area contributed by atoms with Crippen molar-refractivity contribution in [3.63, 3.8) is 0 Å². The number of hydrogen-bond acceptors (Lipinski definition) is 4. The molecule has 2 amide bonds. The summed E-state index contributed by atoms with van der Waals surface area (Å²) in [5.41, 5.74) is -0.193. The lowest BCUT2D eigenvalue weighted by Gasteiger charge is -2.31. The van der Waals surface area contributed by atoms with Gasteiger partial charge in [0.25, 0.3) is 0 Å². The molecule has 0 aliphatic carbocycles. The van der Waals surface area contributed by atoms with E-state index in [0.717, 1.165) is 0 Å². The van der Waals surface area contributed by atoms with Gasteiger partial charge >= 0.3 is 0 Å². The molecule has 0 spiro atoms. The van der Waals surface area contributed by atoms with Crippen molar-refractivity contribution in [2.45, 2.75) is 63.6 Å². The minimum Gasteiger partial charge on any atom is -0.350 e. The van der Waals surface area contributed by atoms with Crippen LogP contribution in [0.2, 0.25) is 0 Å². The van der Waals surface area contributed by atoms with Gasteiger partial charge in [-0.05, 0) is 52.3 Å². The summed E-state index contributed by atoms with van der Waals surface area (Å²) in [7, 11) is -2.21. The van der Waals surface area contributed by atoms with Gasteiger partial charge in [0.15, 0.2) is 0 Å². The molecule has 0 fully saturated rings. The van der Waals surface area contributed by atoms with Crippen LogP contribution in [0.1, 0.15) is 46.1 Å². The monoisotopic (exact) mass is 491 g/mol. The number of benzene rings is 2. The Labute approximate surface area is 202 Å². The number of hydrogen-bond donors (Lipinski definition) is 1. The highest BCUT2D eigenvalue weighted by Crippen LogP contribution is 2.17. The fraction of sp³-hybridized carbons (Fsp3) is 0.440. The molecule has 0 bridgehead atoms. The van der Waals surface area contributed by atoms with E-state index in [2.05, 4.69) is 5.32 Å². The Morgan fingerprint density at radius 2 is 1.62 bits per heavy atom. The van der Waals surface area contributed by atoms with Crippen molar-refractivity contribution < 1.29 is 22.4 Å². The molecular formula is C25H34FN3O4S. The zero-order valence-electron chi connectivity index (χ0n) is 20.4. The highest BCUT2D eigenvalue weighted by Gasteiger charge is 2.29. The molecule has 2 rings (SSSR count). The Bertz CT molecular complexity index is 1080. The molecule has 0 radical (unpaired) electrons. The van der Waals surface area contributed by atoms with Crippen LogP contribution in [-0.4, -0.2) is 54.6 Å². The van der Waals surface area contributed by atoms with Gasteiger partial charge in [0, 0.05) is 37.7 Å². The zero-order valence-corrected chi connectivity index (χ0v) is 21.2. The predicted octanol–water partition coefficient (Wildman–Crippen LogP) is 3.56. The lowest BCUT2D eigenvalue weighted by atomic mass is 10.1. The molecule has 7 nitrogen and oxygen atoms in total. The van der Waals surface area contributed by atoms with Crippen LogP contribution < -0.4 is 5.32 Å². The van der Waals surface area contributed by atoms with Crippen LogP contribution >= 0.6 is 0 Å². The Morgan fingerprint density at radius 1 is 1.03 bits per heavy atom. The normalized spacial score (nSPS) is 12.9. The highest BCUT2D eigenvalue weighted by molar-refractivity contribution is 7.89. The number of sulfonamides is 1. The number of rotatable bonds is 10. The van der Waals surface area contributed by atoms with Crippen LogP contribution in [0, 0.1) is 5.82 Å². The standard InChI is InChI=1S/C25H34FN3O4S/c1-19(24(31)27-25(2,3)4)29(18-20-12-9-10-15-22(20)26)23(30)16-11-17-28(5)34(32,33)21-13-7-6-8-14-21/h6-10,12-15,19H,11,16-18H2,1-5H3,(H,27,31). The van der Waals surface area contributed by atoms with Crippen molar-refractivity contribution in [1.82, 2.24) is 14.5 Å². The van der Waals surface area contributed by atoms with Crippen molar-refractivity contribution in [2.75, 3.05) is 13.6 Å². The third-order valence-electron chi connectivity index (χ3n) is 5.28. The topological polar surface area (TPSA) is 86.8 Å². The van der Waals surface area contributed by atoms with Crippen LogP contribution in [0.4, 0.5) is 4.39 Å². The van der Waals surface area contributed by atoms with Gasteiger partial charge < -0.3 is 10.2 Å². The number of amides is 2. The van der Waals surface area contributed by atoms with E-state index in [9.17, 15) is 22.4 Å². The minimum absolute atomic E-state index is 0.0102. The maximum atomic E-state index is 14.3. The largest absolute Gasteiger partial charge is 0.350 e. The van der Waals surface area contributed by atoms with Gasteiger partial charge in [0.05, 0.1) is 4.90 Å². The summed E-state index contributed by atoms with van der Waals surface area (Å²) in [5, 5.41) is 2.85. The van der Waals surface area contributed by atoms with Crippen molar-refractivity contribution in [1.29, 1.82) is 0 Å². The first-order valence-electron chi connectivity index (χ1n) is 11.2. The predicted molar refractivity (Wildman–Crippen MR) is 130 cm³/mol. The molecule has 186 valence electrons. The van der Waals surface area contributed by atoms with E-state index in [4.69, 9.17) is 0 Å². The molecule has 2 aromatic carbocycles. The van der Waals surface area contributed by atoms with Crippen molar-refractivity contribution in [3.05, 3.63) is 66.0 Å². The van der Waals surface area contributed by atoms with Crippen molar-refractivity contribution in [3.8, 4) is 0 Å². The third-order valence-corrected chi connectivity index (χ3v) is 7.15. The first-order chi connectivity index (χ1) is 15.8. The Balaban J connectivity index is 2.11. The SMILES string of the molecule is CC(C(=O)NC(C)(C)C)N(Cc1ccccc1F)C(=O)CCCN(C)S(=O)(=O)c1ccccc1. The first kappa shape index (κ1) is 27.5. The molecule has 0 heterocycles. The first-order valence-corrected chi connectivity index (χ1v) is 12.6. The van der Waals surface area contributed by atoms with Crippen LogP contribution in [0.5, 0.6) is 0 Å². The molecule has 1 N–H and O–H groups in total. The highest BCUT2D eigenvalue weighted by atomic mass is 32.2. The second kappa shape index (κ2) is 11.6. The second-order valence-electron chi connectivity index (χ2n) is 9.27. The number of carbonyl (C=O) groups is 2. The van der Waals surface area contributed by atoms with Gasteiger partial charge in [-0.15, -0.1) is 0 Å². The van der Waals surface area contributed by atoms with E-state index < -0.39 is 27.4 Å². The average molecular weight is 492 g/mol. The van der Waals surface area contributed by atoms with Crippen LogP contribution in [0.3, 0.4) is 0 Å². The van der Waals surface area contributed by atoms with Gasteiger partial charge in [0.2, 0.25) is 21.8 Å². The van der Waals surface area contributed by atoms with E-state index in [1.54, 1.807) is 43.3 Å². The van der Waals surface area contributed by atoms with Crippen molar-refractivity contribution in [2.24, 2.45) is 0 Å². The molecule has 1 unspecified atom stereocenters. The Kier molecular flexibility index (Phi) is 9.35. The van der Waals surface area contributed by atoms with Gasteiger partial charge in [-0.25, -0.2) is 17.1 Å². The van der Waals surface area contributed by atoms with Gasteiger partial charge in [0.1, 0.15) is 11.9 Å².